The second kappa shape index (κ2) is 9.42. The molecule has 0 aromatic heterocycles. The second-order valence-corrected chi connectivity index (χ2v) is 6.59. The SMILES string of the molecule is O=C(CCCCO)ON(C1CCCCC1)C1CCCCC1. The topological polar surface area (TPSA) is 49.8 Å². The molecule has 0 spiro atoms. The van der Waals surface area contributed by atoms with Crippen molar-refractivity contribution >= 4 is 5.97 Å². The lowest BCUT2D eigenvalue weighted by Gasteiger charge is -2.39. The molecule has 0 unspecified atom stereocenters. The number of hydroxylamine groups is 2. The maximum atomic E-state index is 12.1. The molecule has 0 atom stereocenters. The highest BCUT2D eigenvalue weighted by Crippen LogP contribution is 2.30. The summed E-state index contributed by atoms with van der Waals surface area (Å²) in [6.07, 6.45) is 14.2. The molecule has 2 aliphatic carbocycles. The molecule has 2 fully saturated rings. The van der Waals surface area contributed by atoms with E-state index in [9.17, 15) is 4.79 Å². The molecule has 0 aliphatic heterocycles. The summed E-state index contributed by atoms with van der Waals surface area (Å²) in [5.41, 5.74) is 0. The van der Waals surface area contributed by atoms with Crippen molar-refractivity contribution in [3.8, 4) is 0 Å². The summed E-state index contributed by atoms with van der Waals surface area (Å²) in [7, 11) is 0. The first-order valence-electron chi connectivity index (χ1n) is 8.91. The van der Waals surface area contributed by atoms with Crippen LogP contribution in [0.25, 0.3) is 0 Å². The fraction of sp³-hybridized carbons (Fsp3) is 0.941. The lowest BCUT2D eigenvalue weighted by atomic mass is 9.90. The minimum atomic E-state index is -0.111. The van der Waals surface area contributed by atoms with Gasteiger partial charge in [0.2, 0.25) is 0 Å². The Morgan fingerprint density at radius 2 is 1.43 bits per heavy atom. The minimum absolute atomic E-state index is 0.111. The van der Waals surface area contributed by atoms with E-state index < -0.39 is 0 Å². The van der Waals surface area contributed by atoms with Crippen molar-refractivity contribution < 1.29 is 14.7 Å². The Balaban J connectivity index is 1.88. The Morgan fingerprint density at radius 3 is 1.90 bits per heavy atom. The zero-order valence-corrected chi connectivity index (χ0v) is 13.3. The normalized spacial score (nSPS) is 21.6. The van der Waals surface area contributed by atoms with Gasteiger partial charge in [-0.1, -0.05) is 38.5 Å². The molecule has 21 heavy (non-hydrogen) atoms. The number of nitrogens with zero attached hydrogens (tertiary/aromatic N) is 1. The number of aliphatic hydroxyl groups excluding tert-OH is 1. The highest BCUT2D eigenvalue weighted by atomic mass is 16.7. The molecule has 0 heterocycles. The van der Waals surface area contributed by atoms with Gasteiger partial charge in [-0.3, -0.25) is 4.79 Å². The van der Waals surface area contributed by atoms with Crippen LogP contribution in [0.4, 0.5) is 0 Å². The summed E-state index contributed by atoms with van der Waals surface area (Å²) in [6.45, 7) is 0.155. The van der Waals surface area contributed by atoms with Crippen LogP contribution in [0, 0.1) is 0 Å². The van der Waals surface area contributed by atoms with Gasteiger partial charge in [0.05, 0.1) is 0 Å². The van der Waals surface area contributed by atoms with Crippen molar-refractivity contribution in [2.75, 3.05) is 6.61 Å². The molecule has 4 heteroatoms. The fourth-order valence-corrected chi connectivity index (χ4v) is 3.66. The molecule has 2 saturated carbocycles. The van der Waals surface area contributed by atoms with Gasteiger partial charge < -0.3 is 9.94 Å². The zero-order chi connectivity index (χ0) is 14.9. The van der Waals surface area contributed by atoms with Gasteiger partial charge in [-0.2, -0.15) is 0 Å². The lowest BCUT2D eigenvalue weighted by Crippen LogP contribution is -2.46. The Kier molecular flexibility index (Phi) is 7.51. The van der Waals surface area contributed by atoms with E-state index in [2.05, 4.69) is 5.06 Å². The Bertz CT molecular complexity index is 278. The van der Waals surface area contributed by atoms with Crippen LogP contribution in [0.2, 0.25) is 0 Å². The summed E-state index contributed by atoms with van der Waals surface area (Å²) < 4.78 is 0. The molecule has 2 aliphatic rings. The second-order valence-electron chi connectivity index (χ2n) is 6.59. The van der Waals surface area contributed by atoms with Gasteiger partial charge in [0.25, 0.3) is 0 Å². The highest BCUT2D eigenvalue weighted by Gasteiger charge is 2.31. The van der Waals surface area contributed by atoms with Gasteiger partial charge in [-0.05, 0) is 38.5 Å². The maximum Gasteiger partial charge on any atom is 0.325 e. The first kappa shape index (κ1) is 16.8. The van der Waals surface area contributed by atoms with Gasteiger partial charge in [0.15, 0.2) is 0 Å². The van der Waals surface area contributed by atoms with Crippen LogP contribution in [-0.2, 0) is 9.63 Å². The predicted octanol–water partition coefficient (Wildman–Crippen LogP) is 3.57. The summed E-state index contributed by atoms with van der Waals surface area (Å²) in [4.78, 5) is 17.9. The lowest BCUT2D eigenvalue weighted by molar-refractivity contribution is -0.223. The third kappa shape index (κ3) is 5.59. The summed E-state index contributed by atoms with van der Waals surface area (Å²) >= 11 is 0. The molecule has 4 nitrogen and oxygen atoms in total. The largest absolute Gasteiger partial charge is 0.396 e. The number of rotatable bonds is 7. The van der Waals surface area contributed by atoms with Gasteiger partial charge in [0, 0.05) is 25.1 Å². The zero-order valence-electron chi connectivity index (χ0n) is 13.3. The van der Waals surface area contributed by atoms with Crippen molar-refractivity contribution in [3.05, 3.63) is 0 Å². The van der Waals surface area contributed by atoms with E-state index in [4.69, 9.17) is 9.94 Å². The quantitative estimate of drug-likeness (QED) is 0.576. The summed E-state index contributed by atoms with van der Waals surface area (Å²) in [5, 5.41) is 10.9. The Labute approximate surface area is 128 Å². The minimum Gasteiger partial charge on any atom is -0.396 e. The molecule has 2 rings (SSSR count). The Morgan fingerprint density at radius 1 is 0.905 bits per heavy atom. The van der Waals surface area contributed by atoms with Gasteiger partial charge in [0.1, 0.15) is 0 Å². The number of hydrogen-bond donors (Lipinski definition) is 1. The third-order valence-corrected chi connectivity index (χ3v) is 4.87. The molecular weight excluding hydrogens is 266 g/mol. The van der Waals surface area contributed by atoms with Crippen LogP contribution in [-0.4, -0.2) is 34.8 Å². The van der Waals surface area contributed by atoms with Gasteiger partial charge in [-0.25, -0.2) is 0 Å². The molecule has 0 amide bonds. The standard InChI is InChI=1S/C17H31NO3/c19-14-8-7-13-17(20)21-18(15-9-3-1-4-10-15)16-11-5-2-6-12-16/h15-16,19H,1-14H2. The number of aliphatic hydroxyl groups is 1. The third-order valence-electron chi connectivity index (χ3n) is 4.87. The summed E-state index contributed by atoms with van der Waals surface area (Å²) in [6, 6.07) is 0.868. The van der Waals surface area contributed by atoms with E-state index in [0.717, 1.165) is 6.42 Å². The number of carbonyl (C=O) groups is 1. The van der Waals surface area contributed by atoms with E-state index in [1.807, 2.05) is 0 Å². The summed E-state index contributed by atoms with van der Waals surface area (Å²) in [5.74, 6) is -0.111. The van der Waals surface area contributed by atoms with E-state index >= 15 is 0 Å². The van der Waals surface area contributed by atoms with Crippen LogP contribution in [0.5, 0.6) is 0 Å². The average molecular weight is 297 g/mol. The molecular formula is C17H31NO3. The monoisotopic (exact) mass is 297 g/mol. The van der Waals surface area contributed by atoms with Crippen molar-refractivity contribution in [1.82, 2.24) is 5.06 Å². The average Bonchev–Trinajstić information content (AvgIpc) is 2.54. The van der Waals surface area contributed by atoms with Crippen LogP contribution in [0.15, 0.2) is 0 Å². The first-order chi connectivity index (χ1) is 10.3. The molecule has 0 aromatic carbocycles. The van der Waals surface area contributed by atoms with Crippen molar-refractivity contribution in [2.24, 2.45) is 0 Å². The van der Waals surface area contributed by atoms with Crippen LogP contribution in [0.3, 0.4) is 0 Å². The molecule has 1 N–H and O–H groups in total. The van der Waals surface area contributed by atoms with Crippen LogP contribution < -0.4 is 0 Å². The van der Waals surface area contributed by atoms with E-state index in [-0.39, 0.29) is 12.6 Å². The number of unbranched alkanes of at least 4 members (excludes halogenated alkanes) is 1. The van der Waals surface area contributed by atoms with Crippen molar-refractivity contribution in [2.45, 2.75) is 95.6 Å². The molecule has 0 saturated heterocycles. The molecule has 0 bridgehead atoms. The van der Waals surface area contributed by atoms with Gasteiger partial charge >= 0.3 is 5.97 Å². The van der Waals surface area contributed by atoms with E-state index in [0.29, 0.717) is 24.9 Å². The van der Waals surface area contributed by atoms with Crippen LogP contribution >= 0.6 is 0 Å². The van der Waals surface area contributed by atoms with Crippen molar-refractivity contribution in [3.63, 3.8) is 0 Å². The molecule has 122 valence electrons. The van der Waals surface area contributed by atoms with E-state index in [1.165, 1.54) is 64.2 Å². The molecule has 0 aromatic rings. The predicted molar refractivity (Wildman–Crippen MR) is 82.6 cm³/mol. The maximum absolute atomic E-state index is 12.1. The number of hydrogen-bond acceptors (Lipinski definition) is 4. The first-order valence-corrected chi connectivity index (χ1v) is 8.91. The smallest absolute Gasteiger partial charge is 0.325 e. The molecule has 0 radical (unpaired) electrons. The van der Waals surface area contributed by atoms with Crippen molar-refractivity contribution in [1.29, 1.82) is 0 Å². The Hall–Kier alpha value is -0.610. The van der Waals surface area contributed by atoms with E-state index in [1.54, 1.807) is 0 Å². The van der Waals surface area contributed by atoms with Crippen LogP contribution in [0.1, 0.15) is 83.5 Å². The fourth-order valence-electron chi connectivity index (χ4n) is 3.66. The highest BCUT2D eigenvalue weighted by molar-refractivity contribution is 5.69. The van der Waals surface area contributed by atoms with Gasteiger partial charge in [-0.15, -0.1) is 5.06 Å². The number of carbonyl (C=O) groups excluding carboxylic acids is 1.